The molecule has 0 radical (unpaired) electrons. The number of likely N-dealkylation sites (N-methyl/N-ethyl adjacent to an activating group) is 1. The molecule has 1 amide bonds. The van der Waals surface area contributed by atoms with Crippen molar-refractivity contribution in [1.82, 2.24) is 4.90 Å². The van der Waals surface area contributed by atoms with Crippen LogP contribution in [-0.2, 0) is 20.9 Å². The Morgan fingerprint density at radius 1 is 1.16 bits per heavy atom. The molecule has 1 aliphatic heterocycles. The highest BCUT2D eigenvalue weighted by molar-refractivity contribution is 6.38. The highest BCUT2D eigenvalue weighted by Crippen LogP contribution is 2.26. The van der Waals surface area contributed by atoms with Crippen molar-refractivity contribution in [3.63, 3.8) is 0 Å². The molecular weight excluding hydrogens is 408 g/mol. The van der Waals surface area contributed by atoms with E-state index in [9.17, 15) is 18.4 Å². The minimum Gasteiger partial charge on any atom is -0.461 e. The van der Waals surface area contributed by atoms with Gasteiger partial charge in [-0.2, -0.15) is 13.9 Å². The van der Waals surface area contributed by atoms with Gasteiger partial charge < -0.3 is 14.4 Å². The number of amides is 1. The van der Waals surface area contributed by atoms with E-state index in [0.717, 1.165) is 5.56 Å². The number of ether oxygens (including phenoxy) is 2. The predicted molar refractivity (Wildman–Crippen MR) is 111 cm³/mol. The van der Waals surface area contributed by atoms with Crippen LogP contribution in [0.5, 0.6) is 5.75 Å². The second kappa shape index (κ2) is 10.0. The van der Waals surface area contributed by atoms with Gasteiger partial charge in [0.05, 0.1) is 12.3 Å². The quantitative estimate of drug-likeness (QED) is 0.599. The number of hydrogen-bond donors (Lipinski definition) is 0. The average molecular weight is 431 g/mol. The molecule has 9 heteroatoms. The van der Waals surface area contributed by atoms with Crippen LogP contribution < -0.4 is 9.75 Å². The zero-order valence-electron chi connectivity index (χ0n) is 17.2. The number of benzene rings is 2. The number of rotatable bonds is 8. The van der Waals surface area contributed by atoms with Crippen LogP contribution >= 0.6 is 0 Å². The molecule has 1 atom stereocenters. The molecule has 0 fully saturated rings. The molecule has 0 N–H and O–H groups in total. The Hall–Kier alpha value is -3.49. The first kappa shape index (κ1) is 22.2. The first-order valence-electron chi connectivity index (χ1n) is 9.76. The number of carbonyl (C=O) groups excluding carboxylic acids is 2. The van der Waals surface area contributed by atoms with Crippen molar-refractivity contribution in [2.75, 3.05) is 18.7 Å². The second-order valence-electron chi connectivity index (χ2n) is 6.88. The lowest BCUT2D eigenvalue weighted by molar-refractivity contribution is -0.135. The summed E-state index contributed by atoms with van der Waals surface area (Å²) in [6, 6.07) is 14.5. The van der Waals surface area contributed by atoms with E-state index in [1.54, 1.807) is 38.2 Å². The van der Waals surface area contributed by atoms with Crippen LogP contribution in [0.4, 0.5) is 14.5 Å². The highest BCUT2D eigenvalue weighted by atomic mass is 19.3. The topological polar surface area (TPSA) is 71.4 Å². The Bertz CT molecular complexity index is 936. The Morgan fingerprint density at radius 3 is 2.45 bits per heavy atom. The molecule has 0 spiro atoms. The van der Waals surface area contributed by atoms with Gasteiger partial charge in [0.1, 0.15) is 17.5 Å². The van der Waals surface area contributed by atoms with Gasteiger partial charge in [0, 0.05) is 20.0 Å². The van der Waals surface area contributed by atoms with E-state index in [1.807, 2.05) is 18.2 Å². The Morgan fingerprint density at radius 2 is 1.84 bits per heavy atom. The van der Waals surface area contributed by atoms with Crippen LogP contribution in [0.3, 0.4) is 0 Å². The molecule has 0 aromatic heterocycles. The molecule has 0 bridgehead atoms. The molecule has 0 aliphatic carbocycles. The van der Waals surface area contributed by atoms with E-state index in [-0.39, 0.29) is 36.9 Å². The molecule has 1 unspecified atom stereocenters. The molecule has 164 valence electrons. The maximum Gasteiger partial charge on any atom is 0.387 e. The summed E-state index contributed by atoms with van der Waals surface area (Å²) in [6.45, 7) is -0.722. The van der Waals surface area contributed by atoms with E-state index in [0.29, 0.717) is 5.69 Å². The fraction of sp³-hybridized carbons (Fsp3) is 0.318. The minimum absolute atomic E-state index is 0.0475. The van der Waals surface area contributed by atoms with Gasteiger partial charge in [0.15, 0.2) is 0 Å². The van der Waals surface area contributed by atoms with E-state index in [2.05, 4.69) is 9.84 Å². The highest BCUT2D eigenvalue weighted by Gasteiger charge is 2.38. The van der Waals surface area contributed by atoms with Crippen LogP contribution in [0.15, 0.2) is 59.7 Å². The molecule has 1 aliphatic rings. The summed E-state index contributed by atoms with van der Waals surface area (Å²) in [5.41, 5.74) is 1.61. The molecule has 2 aromatic rings. The third-order valence-corrected chi connectivity index (χ3v) is 4.67. The monoisotopic (exact) mass is 431 g/mol. The van der Waals surface area contributed by atoms with Gasteiger partial charge in [-0.1, -0.05) is 30.3 Å². The molecule has 3 rings (SSSR count). The fourth-order valence-electron chi connectivity index (χ4n) is 3.24. The summed E-state index contributed by atoms with van der Waals surface area (Å²) < 4.78 is 34.0. The van der Waals surface area contributed by atoms with Gasteiger partial charge in [-0.25, -0.2) is 4.79 Å². The Labute approximate surface area is 178 Å². The smallest absolute Gasteiger partial charge is 0.387 e. The minimum atomic E-state index is -2.89. The molecule has 7 nitrogen and oxygen atoms in total. The normalized spacial score (nSPS) is 15.6. The van der Waals surface area contributed by atoms with Crippen molar-refractivity contribution in [3.05, 3.63) is 60.2 Å². The average Bonchev–Trinajstić information content (AvgIpc) is 3.20. The summed E-state index contributed by atoms with van der Waals surface area (Å²) in [7, 11) is 1.64. The SMILES string of the molecule is CCOC(=O)C1=NN(c2ccccc2)C(C(=O)N(C)Cc2ccc(OC(F)F)cc2)C1. The maximum atomic E-state index is 13.2. The zero-order chi connectivity index (χ0) is 22.4. The number of alkyl halides is 2. The molecule has 0 saturated heterocycles. The van der Waals surface area contributed by atoms with Crippen molar-refractivity contribution < 1.29 is 27.8 Å². The lowest BCUT2D eigenvalue weighted by atomic mass is 10.1. The largest absolute Gasteiger partial charge is 0.461 e. The van der Waals surface area contributed by atoms with E-state index >= 15 is 0 Å². The first-order valence-corrected chi connectivity index (χ1v) is 9.76. The van der Waals surface area contributed by atoms with Gasteiger partial charge in [0.2, 0.25) is 5.91 Å². The molecule has 2 aromatic carbocycles. The van der Waals surface area contributed by atoms with Gasteiger partial charge >= 0.3 is 12.6 Å². The van der Waals surface area contributed by atoms with Crippen molar-refractivity contribution >= 4 is 23.3 Å². The lowest BCUT2D eigenvalue weighted by Gasteiger charge is -2.27. The summed E-state index contributed by atoms with van der Waals surface area (Å²) >= 11 is 0. The standard InChI is InChI=1S/C22H23F2N3O4/c1-3-30-21(29)18-13-19(27(25-18)16-7-5-4-6-8-16)20(28)26(2)14-15-9-11-17(12-10-15)31-22(23)24/h4-12,19,22H,3,13-14H2,1-2H3. The van der Waals surface area contributed by atoms with Crippen LogP contribution in [0.2, 0.25) is 0 Å². The van der Waals surface area contributed by atoms with Crippen LogP contribution in [0.25, 0.3) is 0 Å². The van der Waals surface area contributed by atoms with E-state index in [4.69, 9.17) is 4.74 Å². The van der Waals surface area contributed by atoms with E-state index < -0.39 is 18.6 Å². The number of nitrogens with zero attached hydrogens (tertiary/aromatic N) is 3. The first-order chi connectivity index (χ1) is 14.9. The van der Waals surface area contributed by atoms with E-state index in [1.165, 1.54) is 22.0 Å². The van der Waals surface area contributed by atoms with Crippen molar-refractivity contribution in [2.45, 2.75) is 32.5 Å². The maximum absolute atomic E-state index is 13.2. The number of hydrazone groups is 1. The number of hydrogen-bond acceptors (Lipinski definition) is 6. The van der Waals surface area contributed by atoms with Gasteiger partial charge in [-0.3, -0.25) is 9.80 Å². The summed E-state index contributed by atoms with van der Waals surface area (Å²) in [4.78, 5) is 26.9. The van der Waals surface area contributed by atoms with Crippen LogP contribution in [0.1, 0.15) is 18.9 Å². The number of halogens is 2. The van der Waals surface area contributed by atoms with Crippen LogP contribution in [-0.4, -0.2) is 48.8 Å². The molecule has 31 heavy (non-hydrogen) atoms. The third kappa shape index (κ3) is 5.56. The molecule has 0 saturated carbocycles. The third-order valence-electron chi connectivity index (χ3n) is 4.67. The molecular formula is C22H23F2N3O4. The summed E-state index contributed by atoms with van der Waals surface area (Å²) in [5.74, 6) is -0.734. The Balaban J connectivity index is 1.74. The van der Waals surface area contributed by atoms with Crippen LogP contribution in [0, 0.1) is 0 Å². The van der Waals surface area contributed by atoms with Crippen molar-refractivity contribution in [1.29, 1.82) is 0 Å². The fourth-order valence-corrected chi connectivity index (χ4v) is 3.24. The van der Waals surface area contributed by atoms with Gasteiger partial charge in [-0.15, -0.1) is 0 Å². The zero-order valence-corrected chi connectivity index (χ0v) is 17.2. The number of para-hydroxylation sites is 1. The number of carbonyl (C=O) groups is 2. The number of esters is 1. The van der Waals surface area contributed by atoms with Gasteiger partial charge in [-0.05, 0) is 36.8 Å². The van der Waals surface area contributed by atoms with Crippen molar-refractivity contribution in [2.24, 2.45) is 5.10 Å². The predicted octanol–water partition coefficient (Wildman–Crippen LogP) is 3.44. The Kier molecular flexibility index (Phi) is 7.17. The lowest BCUT2D eigenvalue weighted by Crippen LogP contribution is -2.43. The van der Waals surface area contributed by atoms with Gasteiger partial charge in [0.25, 0.3) is 0 Å². The molecule has 1 heterocycles. The summed E-state index contributed by atoms with van der Waals surface area (Å²) in [5, 5.41) is 5.88. The summed E-state index contributed by atoms with van der Waals surface area (Å²) in [6.07, 6.45) is 0.123. The van der Waals surface area contributed by atoms with Crippen molar-refractivity contribution in [3.8, 4) is 5.75 Å². The second-order valence-corrected chi connectivity index (χ2v) is 6.88. The number of anilines is 1.